The van der Waals surface area contributed by atoms with Crippen molar-refractivity contribution in [1.29, 1.82) is 0 Å². The highest BCUT2D eigenvalue weighted by molar-refractivity contribution is 5.94. The average molecular weight is 355 g/mol. The lowest BCUT2D eigenvalue weighted by Crippen LogP contribution is -2.44. The van der Waals surface area contributed by atoms with Gasteiger partial charge in [0.2, 0.25) is 11.9 Å². The smallest absolute Gasteiger partial charge is 0.225 e. The molecule has 7 nitrogen and oxygen atoms in total. The van der Waals surface area contributed by atoms with E-state index in [1.807, 2.05) is 23.1 Å². The van der Waals surface area contributed by atoms with Crippen LogP contribution in [0.5, 0.6) is 5.75 Å². The number of hydrogen-bond acceptors (Lipinski definition) is 6. The maximum atomic E-state index is 12.3. The summed E-state index contributed by atoms with van der Waals surface area (Å²) in [5.74, 6) is 2.26. The molecule has 1 aliphatic heterocycles. The number of nitrogens with two attached hydrogens (primary N) is 2. The van der Waals surface area contributed by atoms with Crippen LogP contribution in [0.4, 0.5) is 11.8 Å². The van der Waals surface area contributed by atoms with Crippen LogP contribution < -0.4 is 16.2 Å². The fraction of sp³-hybridized carbons (Fsp3) is 0.526. The number of anilines is 2. The molecule has 1 saturated heterocycles. The summed E-state index contributed by atoms with van der Waals surface area (Å²) in [4.78, 5) is 22.6. The first-order chi connectivity index (χ1) is 12.6. The number of carbonyl (C=O) groups excluding carboxylic acids is 1. The third-order valence-electron chi connectivity index (χ3n) is 5.59. The van der Waals surface area contributed by atoms with E-state index in [2.05, 4.69) is 9.97 Å². The summed E-state index contributed by atoms with van der Waals surface area (Å²) in [6.45, 7) is 2.27. The molecule has 7 heteroatoms. The van der Waals surface area contributed by atoms with Gasteiger partial charge < -0.3 is 21.1 Å². The minimum absolute atomic E-state index is 0.163. The highest BCUT2D eigenvalue weighted by atomic mass is 16.5. The fourth-order valence-electron chi connectivity index (χ4n) is 3.76. The van der Waals surface area contributed by atoms with Crippen molar-refractivity contribution >= 4 is 28.6 Å². The molecule has 1 amide bonds. The number of benzene rings is 1. The Hall–Kier alpha value is -2.57. The van der Waals surface area contributed by atoms with Crippen molar-refractivity contribution in [3.8, 4) is 5.75 Å². The molecule has 1 aromatic carbocycles. The zero-order valence-electron chi connectivity index (χ0n) is 14.9. The van der Waals surface area contributed by atoms with Crippen LogP contribution in [-0.2, 0) is 4.79 Å². The van der Waals surface area contributed by atoms with Crippen molar-refractivity contribution in [1.82, 2.24) is 14.9 Å². The minimum atomic E-state index is 0.163. The molecule has 0 spiro atoms. The quantitative estimate of drug-likeness (QED) is 0.871. The lowest BCUT2D eigenvalue weighted by Gasteiger charge is -2.36. The number of carbonyl (C=O) groups is 1. The summed E-state index contributed by atoms with van der Waals surface area (Å²) in [5, 5.41) is 0.708. The van der Waals surface area contributed by atoms with Crippen LogP contribution in [-0.4, -0.2) is 40.5 Å². The molecule has 2 aliphatic rings. The summed E-state index contributed by atoms with van der Waals surface area (Å²) in [6, 6.07) is 5.61. The van der Waals surface area contributed by atoms with E-state index in [4.69, 9.17) is 16.2 Å². The summed E-state index contributed by atoms with van der Waals surface area (Å²) in [5.41, 5.74) is 12.4. The van der Waals surface area contributed by atoms with Crippen LogP contribution in [0, 0.1) is 11.8 Å². The van der Waals surface area contributed by atoms with Crippen LogP contribution in [0.2, 0.25) is 0 Å². The molecule has 26 heavy (non-hydrogen) atoms. The normalized spacial score (nSPS) is 18.7. The van der Waals surface area contributed by atoms with Crippen molar-refractivity contribution in [2.75, 3.05) is 31.2 Å². The van der Waals surface area contributed by atoms with Crippen LogP contribution >= 0.6 is 0 Å². The molecule has 0 bridgehead atoms. The highest BCUT2D eigenvalue weighted by Gasteiger charge is 2.31. The van der Waals surface area contributed by atoms with Crippen LogP contribution in [0.3, 0.4) is 0 Å². The van der Waals surface area contributed by atoms with Crippen LogP contribution in [0.15, 0.2) is 18.2 Å². The largest absolute Gasteiger partial charge is 0.492 e. The van der Waals surface area contributed by atoms with Gasteiger partial charge in [0, 0.05) is 19.0 Å². The van der Waals surface area contributed by atoms with E-state index >= 15 is 0 Å². The van der Waals surface area contributed by atoms with Gasteiger partial charge in [0.1, 0.15) is 11.6 Å². The molecule has 2 heterocycles. The van der Waals surface area contributed by atoms with Gasteiger partial charge in [-0.05, 0) is 43.7 Å². The summed E-state index contributed by atoms with van der Waals surface area (Å²) >= 11 is 0. The van der Waals surface area contributed by atoms with E-state index < -0.39 is 0 Å². The number of fused-ring (bicyclic) bond motifs is 1. The number of piperidine rings is 1. The lowest BCUT2D eigenvalue weighted by molar-refractivity contribution is -0.139. The van der Waals surface area contributed by atoms with E-state index in [1.54, 1.807) is 0 Å². The maximum Gasteiger partial charge on any atom is 0.225 e. The molecule has 1 saturated carbocycles. The molecule has 2 fully saturated rings. The average Bonchev–Trinajstić information content (AvgIpc) is 2.58. The Morgan fingerprint density at radius 2 is 1.92 bits per heavy atom. The Labute approximate surface area is 152 Å². The fourth-order valence-corrected chi connectivity index (χ4v) is 3.76. The monoisotopic (exact) mass is 355 g/mol. The second-order valence-corrected chi connectivity index (χ2v) is 7.32. The van der Waals surface area contributed by atoms with E-state index in [9.17, 15) is 4.79 Å². The molecule has 0 atom stereocenters. The van der Waals surface area contributed by atoms with Crippen molar-refractivity contribution in [3.63, 3.8) is 0 Å². The summed E-state index contributed by atoms with van der Waals surface area (Å²) in [7, 11) is 0. The first-order valence-corrected chi connectivity index (χ1v) is 9.35. The maximum absolute atomic E-state index is 12.3. The number of likely N-dealkylation sites (tertiary alicyclic amines) is 1. The Morgan fingerprint density at radius 3 is 2.62 bits per heavy atom. The molecular weight excluding hydrogens is 330 g/mol. The van der Waals surface area contributed by atoms with Crippen molar-refractivity contribution in [2.24, 2.45) is 11.8 Å². The molecular formula is C19H25N5O2. The first-order valence-electron chi connectivity index (χ1n) is 9.35. The van der Waals surface area contributed by atoms with Gasteiger partial charge in [-0.1, -0.05) is 12.5 Å². The second-order valence-electron chi connectivity index (χ2n) is 7.32. The SMILES string of the molecule is Nc1nc(N)c2c(OCC3CCN(C(=O)C4CCC4)CC3)cccc2n1. The molecule has 4 N–H and O–H groups in total. The molecule has 1 aromatic heterocycles. The Balaban J connectivity index is 1.37. The Bertz CT molecular complexity index is 813. The van der Waals surface area contributed by atoms with E-state index in [0.717, 1.165) is 38.8 Å². The van der Waals surface area contributed by atoms with Gasteiger partial charge in [-0.2, -0.15) is 4.98 Å². The number of nitrogens with zero attached hydrogens (tertiary/aromatic N) is 3. The third-order valence-corrected chi connectivity index (χ3v) is 5.59. The number of nitrogen functional groups attached to an aromatic ring is 2. The summed E-state index contributed by atoms with van der Waals surface area (Å²) < 4.78 is 6.05. The number of hydrogen-bond donors (Lipinski definition) is 2. The molecule has 4 rings (SSSR count). The van der Waals surface area contributed by atoms with Gasteiger partial charge in [0.25, 0.3) is 0 Å². The Morgan fingerprint density at radius 1 is 1.15 bits per heavy atom. The number of ether oxygens (including phenoxy) is 1. The van der Waals surface area contributed by atoms with E-state index in [-0.39, 0.29) is 11.9 Å². The number of amides is 1. The number of rotatable bonds is 4. The Kier molecular flexibility index (Phi) is 4.53. The zero-order chi connectivity index (χ0) is 18.1. The van der Waals surface area contributed by atoms with Crippen molar-refractivity contribution in [2.45, 2.75) is 32.1 Å². The molecule has 0 radical (unpaired) electrons. The molecule has 138 valence electrons. The van der Waals surface area contributed by atoms with Crippen LogP contribution in [0.25, 0.3) is 10.9 Å². The van der Waals surface area contributed by atoms with Crippen molar-refractivity contribution in [3.05, 3.63) is 18.2 Å². The zero-order valence-corrected chi connectivity index (χ0v) is 14.9. The lowest BCUT2D eigenvalue weighted by atomic mass is 9.83. The third kappa shape index (κ3) is 3.25. The topological polar surface area (TPSA) is 107 Å². The first kappa shape index (κ1) is 16.9. The van der Waals surface area contributed by atoms with Crippen LogP contribution in [0.1, 0.15) is 32.1 Å². The molecule has 2 aromatic rings. The minimum Gasteiger partial charge on any atom is -0.492 e. The molecule has 1 aliphatic carbocycles. The van der Waals surface area contributed by atoms with E-state index in [0.29, 0.717) is 40.9 Å². The van der Waals surface area contributed by atoms with Gasteiger partial charge in [0.05, 0.1) is 17.5 Å². The predicted octanol–water partition coefficient (Wildman–Crippen LogP) is 2.21. The van der Waals surface area contributed by atoms with E-state index in [1.165, 1.54) is 6.42 Å². The van der Waals surface area contributed by atoms with Crippen molar-refractivity contribution < 1.29 is 9.53 Å². The molecule has 0 unspecified atom stereocenters. The number of aromatic nitrogens is 2. The van der Waals surface area contributed by atoms with Gasteiger partial charge in [-0.25, -0.2) is 4.98 Å². The van der Waals surface area contributed by atoms with Gasteiger partial charge in [-0.15, -0.1) is 0 Å². The standard InChI is InChI=1S/C19H25N5O2/c20-17-16-14(22-19(21)23-17)5-2-6-15(16)26-11-12-7-9-24(10-8-12)18(25)13-3-1-4-13/h2,5-6,12-13H,1,3-4,7-11H2,(H4,20,21,22,23). The predicted molar refractivity (Wildman–Crippen MR) is 101 cm³/mol. The van der Waals surface area contributed by atoms with Gasteiger partial charge >= 0.3 is 0 Å². The second kappa shape index (κ2) is 6.97. The van der Waals surface area contributed by atoms with Gasteiger partial charge in [0.15, 0.2) is 0 Å². The highest BCUT2D eigenvalue weighted by Crippen LogP contribution is 2.32. The summed E-state index contributed by atoms with van der Waals surface area (Å²) in [6.07, 6.45) is 5.28. The van der Waals surface area contributed by atoms with Gasteiger partial charge in [-0.3, -0.25) is 4.79 Å².